The highest BCUT2D eigenvalue weighted by Gasteiger charge is 2.20. The van der Waals surface area contributed by atoms with E-state index in [4.69, 9.17) is 18.6 Å². The Labute approximate surface area is 137 Å². The van der Waals surface area contributed by atoms with Crippen LogP contribution in [0.1, 0.15) is 0 Å². The minimum absolute atomic E-state index is 0.0426. The molecule has 0 radical (unpaired) electrons. The van der Waals surface area contributed by atoms with Crippen molar-refractivity contribution in [1.29, 1.82) is 0 Å². The molecule has 3 aromatic rings. The van der Waals surface area contributed by atoms with Crippen molar-refractivity contribution in [3.05, 3.63) is 46.8 Å². The van der Waals surface area contributed by atoms with Crippen molar-refractivity contribution in [1.82, 2.24) is 0 Å². The summed E-state index contributed by atoms with van der Waals surface area (Å²) in [7, 11) is 4.44. The molecule has 0 fully saturated rings. The van der Waals surface area contributed by atoms with Gasteiger partial charge in [0.15, 0.2) is 11.3 Å². The van der Waals surface area contributed by atoms with E-state index in [0.717, 1.165) is 0 Å². The molecule has 124 valence electrons. The molecule has 6 heteroatoms. The van der Waals surface area contributed by atoms with Crippen LogP contribution < -0.4 is 19.6 Å². The molecule has 0 saturated heterocycles. The van der Waals surface area contributed by atoms with Crippen LogP contribution in [0.3, 0.4) is 0 Å². The van der Waals surface area contributed by atoms with Crippen molar-refractivity contribution < 1.29 is 23.7 Å². The van der Waals surface area contributed by atoms with Crippen LogP contribution in [-0.2, 0) is 0 Å². The van der Waals surface area contributed by atoms with Crippen LogP contribution in [0.15, 0.2) is 45.8 Å². The van der Waals surface area contributed by atoms with Gasteiger partial charge in [0.2, 0.25) is 11.2 Å². The molecule has 1 N–H and O–H groups in total. The number of fused-ring (bicyclic) bond motifs is 1. The molecule has 1 aromatic heterocycles. The molecule has 24 heavy (non-hydrogen) atoms. The monoisotopic (exact) mass is 328 g/mol. The lowest BCUT2D eigenvalue weighted by molar-refractivity contribution is 0.350. The van der Waals surface area contributed by atoms with E-state index in [9.17, 15) is 9.90 Å². The van der Waals surface area contributed by atoms with Gasteiger partial charge in [0.25, 0.3) is 0 Å². The van der Waals surface area contributed by atoms with Gasteiger partial charge in [-0.15, -0.1) is 0 Å². The zero-order valence-corrected chi connectivity index (χ0v) is 13.5. The van der Waals surface area contributed by atoms with Gasteiger partial charge in [-0.25, -0.2) is 0 Å². The van der Waals surface area contributed by atoms with Gasteiger partial charge >= 0.3 is 0 Å². The largest absolute Gasteiger partial charge is 0.507 e. The molecule has 0 atom stereocenters. The highest BCUT2D eigenvalue weighted by atomic mass is 16.5. The third-order valence-corrected chi connectivity index (χ3v) is 3.77. The summed E-state index contributed by atoms with van der Waals surface area (Å²) in [4.78, 5) is 12.8. The number of phenolic OH excluding ortho intramolecular Hbond substituents is 1. The first kappa shape index (κ1) is 15.7. The Balaban J connectivity index is 2.28. The number of ether oxygens (including phenoxy) is 3. The Morgan fingerprint density at radius 3 is 2.29 bits per heavy atom. The normalized spacial score (nSPS) is 10.6. The Morgan fingerprint density at radius 1 is 1.00 bits per heavy atom. The molecule has 0 bridgehead atoms. The highest BCUT2D eigenvalue weighted by Crippen LogP contribution is 2.40. The first-order valence-corrected chi connectivity index (χ1v) is 7.14. The van der Waals surface area contributed by atoms with Crippen molar-refractivity contribution >= 4 is 11.0 Å². The fourth-order valence-corrected chi connectivity index (χ4v) is 2.56. The average molecular weight is 328 g/mol. The summed E-state index contributed by atoms with van der Waals surface area (Å²) < 4.78 is 21.1. The zero-order valence-electron chi connectivity index (χ0n) is 13.5. The van der Waals surface area contributed by atoms with E-state index in [1.54, 1.807) is 31.4 Å². The molecule has 0 unspecified atom stereocenters. The van der Waals surface area contributed by atoms with E-state index in [0.29, 0.717) is 16.9 Å². The van der Waals surface area contributed by atoms with Gasteiger partial charge in [0.05, 0.1) is 26.9 Å². The van der Waals surface area contributed by atoms with Crippen LogP contribution in [-0.4, -0.2) is 26.4 Å². The summed E-state index contributed by atoms with van der Waals surface area (Å²) in [5, 5.41) is 10.3. The smallest absolute Gasteiger partial charge is 0.204 e. The van der Waals surface area contributed by atoms with Gasteiger partial charge in [-0.05, 0) is 17.7 Å². The van der Waals surface area contributed by atoms with Gasteiger partial charge < -0.3 is 23.7 Å². The third kappa shape index (κ3) is 2.42. The summed E-state index contributed by atoms with van der Waals surface area (Å²) in [6, 6.07) is 8.31. The van der Waals surface area contributed by atoms with Gasteiger partial charge in [0, 0.05) is 6.07 Å². The average Bonchev–Trinajstić information content (AvgIpc) is 2.61. The molecule has 3 rings (SSSR count). The minimum Gasteiger partial charge on any atom is -0.507 e. The Bertz CT molecular complexity index is 940. The second kappa shape index (κ2) is 6.16. The van der Waals surface area contributed by atoms with Crippen LogP contribution in [0.5, 0.6) is 23.0 Å². The van der Waals surface area contributed by atoms with Gasteiger partial charge in [-0.2, -0.15) is 0 Å². The number of hydrogen-bond acceptors (Lipinski definition) is 6. The van der Waals surface area contributed by atoms with Crippen molar-refractivity contribution in [3.8, 4) is 34.1 Å². The number of methoxy groups -OCH3 is 3. The predicted molar refractivity (Wildman–Crippen MR) is 89.2 cm³/mol. The Kier molecular flexibility index (Phi) is 4.04. The molecule has 0 amide bonds. The SMILES string of the molecule is COc1ccc(-c2coc3c(OC)c(OC)cc(O)c3c2=O)cc1. The fourth-order valence-electron chi connectivity index (χ4n) is 2.56. The molecule has 0 aliphatic carbocycles. The predicted octanol–water partition coefficient (Wildman–Crippen LogP) is 3.19. The van der Waals surface area contributed by atoms with Gasteiger partial charge in [0.1, 0.15) is 23.1 Å². The summed E-state index contributed by atoms with van der Waals surface area (Å²) in [5.74, 6) is 0.983. The molecular weight excluding hydrogens is 312 g/mol. The van der Waals surface area contributed by atoms with Crippen molar-refractivity contribution in [2.45, 2.75) is 0 Å². The molecule has 0 spiro atoms. The first-order valence-electron chi connectivity index (χ1n) is 7.14. The standard InChI is InChI=1S/C18H16O6/c1-21-11-6-4-10(5-7-11)12-9-24-18-15(16(12)20)13(19)8-14(22-2)17(18)23-3/h4-9,19H,1-3H3. The lowest BCUT2D eigenvalue weighted by atomic mass is 10.0. The second-order valence-electron chi connectivity index (χ2n) is 5.04. The molecule has 0 aliphatic heterocycles. The lowest BCUT2D eigenvalue weighted by Gasteiger charge is -2.11. The van der Waals surface area contributed by atoms with Crippen molar-refractivity contribution in [2.24, 2.45) is 0 Å². The maximum atomic E-state index is 12.8. The van der Waals surface area contributed by atoms with E-state index < -0.39 is 0 Å². The maximum Gasteiger partial charge on any atom is 0.204 e. The molecule has 2 aromatic carbocycles. The topological polar surface area (TPSA) is 78.1 Å². The molecule has 6 nitrogen and oxygen atoms in total. The molecule has 0 saturated carbocycles. The van der Waals surface area contributed by atoms with Crippen LogP contribution >= 0.6 is 0 Å². The van der Waals surface area contributed by atoms with Crippen LogP contribution in [0.2, 0.25) is 0 Å². The van der Waals surface area contributed by atoms with E-state index in [1.807, 2.05) is 0 Å². The number of phenols is 1. The van der Waals surface area contributed by atoms with Crippen molar-refractivity contribution in [2.75, 3.05) is 21.3 Å². The lowest BCUT2D eigenvalue weighted by Crippen LogP contribution is -2.06. The second-order valence-corrected chi connectivity index (χ2v) is 5.04. The quantitative estimate of drug-likeness (QED) is 0.792. The molecule has 0 aliphatic rings. The van der Waals surface area contributed by atoms with Crippen LogP contribution in [0.25, 0.3) is 22.1 Å². The third-order valence-electron chi connectivity index (χ3n) is 3.77. The summed E-state index contributed by atoms with van der Waals surface area (Å²) in [6.07, 6.45) is 1.34. The first-order chi connectivity index (χ1) is 11.6. The van der Waals surface area contributed by atoms with Gasteiger partial charge in [-0.3, -0.25) is 4.79 Å². The summed E-state index contributed by atoms with van der Waals surface area (Å²) in [6.45, 7) is 0. The summed E-state index contributed by atoms with van der Waals surface area (Å²) in [5.41, 5.74) is 0.754. The summed E-state index contributed by atoms with van der Waals surface area (Å²) >= 11 is 0. The van der Waals surface area contributed by atoms with E-state index in [-0.39, 0.29) is 33.6 Å². The number of rotatable bonds is 4. The molecule has 1 heterocycles. The molecular formula is C18H16O6. The van der Waals surface area contributed by atoms with Crippen LogP contribution in [0.4, 0.5) is 0 Å². The van der Waals surface area contributed by atoms with Gasteiger partial charge in [-0.1, -0.05) is 12.1 Å². The number of hydrogen-bond donors (Lipinski definition) is 1. The maximum absolute atomic E-state index is 12.8. The Morgan fingerprint density at radius 2 is 1.71 bits per heavy atom. The highest BCUT2D eigenvalue weighted by molar-refractivity contribution is 5.93. The Hall–Kier alpha value is -3.15. The number of benzene rings is 2. The van der Waals surface area contributed by atoms with Crippen LogP contribution in [0, 0.1) is 0 Å². The minimum atomic E-state index is -0.361. The zero-order chi connectivity index (χ0) is 17.3. The van der Waals surface area contributed by atoms with E-state index in [1.165, 1.54) is 26.5 Å². The fraction of sp³-hybridized carbons (Fsp3) is 0.167. The number of aromatic hydroxyl groups is 1. The van der Waals surface area contributed by atoms with E-state index >= 15 is 0 Å². The van der Waals surface area contributed by atoms with E-state index in [2.05, 4.69) is 0 Å². The van der Waals surface area contributed by atoms with Crippen molar-refractivity contribution in [3.63, 3.8) is 0 Å².